The predicted octanol–water partition coefficient (Wildman–Crippen LogP) is 1.91. The number of carbonyl (C=O) groups is 1. The normalized spacial score (nSPS) is 13.3. The Bertz CT molecular complexity index is 222. The van der Waals surface area contributed by atoms with Crippen LogP contribution >= 0.6 is 0 Å². The first kappa shape index (κ1) is 17.4. The van der Waals surface area contributed by atoms with Crippen LogP contribution in [0.5, 0.6) is 0 Å². The van der Waals surface area contributed by atoms with Crippen LogP contribution in [0.4, 0.5) is 4.79 Å². The zero-order valence-corrected chi connectivity index (χ0v) is 12.7. The van der Waals surface area contributed by atoms with Crippen LogP contribution < -0.4 is 5.73 Å². The summed E-state index contributed by atoms with van der Waals surface area (Å²) < 4.78 is 22.0. The molecule has 18 heavy (non-hydrogen) atoms. The Morgan fingerprint density at radius 3 is 1.89 bits per heavy atom. The molecule has 0 rings (SSSR count). The van der Waals surface area contributed by atoms with E-state index in [1.165, 1.54) is 0 Å². The molecule has 0 aromatic carbocycles. The molecular weight excluding hydrogens is 254 g/mol. The maximum atomic E-state index is 10.5. The predicted molar refractivity (Wildman–Crippen MR) is 70.2 cm³/mol. The topological polar surface area (TPSA) is 80.0 Å². The van der Waals surface area contributed by atoms with Crippen LogP contribution in [0.2, 0.25) is 5.54 Å². The quantitative estimate of drug-likeness (QED) is 0.618. The Morgan fingerprint density at radius 2 is 1.56 bits per heavy atom. The highest BCUT2D eigenvalue weighted by Crippen LogP contribution is 2.28. The standard InChI is InChI=1S/C11H25NO5Si/c1-5-15-18(16-6-2,17-7-3)10(4)8-9-14-11(12)13/h10H,5-9H2,1-4H3,(H2,12,13). The fourth-order valence-corrected chi connectivity index (χ4v) is 4.45. The second-order valence-corrected chi connectivity index (χ2v) is 6.82. The van der Waals surface area contributed by atoms with Gasteiger partial charge >= 0.3 is 14.9 Å². The van der Waals surface area contributed by atoms with Crippen molar-refractivity contribution < 1.29 is 22.8 Å². The van der Waals surface area contributed by atoms with Crippen molar-refractivity contribution in [3.8, 4) is 0 Å². The van der Waals surface area contributed by atoms with E-state index in [1.54, 1.807) is 0 Å². The molecule has 1 amide bonds. The Labute approximate surface area is 110 Å². The van der Waals surface area contributed by atoms with E-state index in [1.807, 2.05) is 27.7 Å². The van der Waals surface area contributed by atoms with Gasteiger partial charge in [0.2, 0.25) is 0 Å². The van der Waals surface area contributed by atoms with Crippen LogP contribution in [0, 0.1) is 0 Å². The molecule has 0 bridgehead atoms. The molecule has 0 saturated carbocycles. The van der Waals surface area contributed by atoms with Crippen molar-refractivity contribution in [2.24, 2.45) is 5.73 Å². The summed E-state index contributed by atoms with van der Waals surface area (Å²) in [5.74, 6) is 0. The summed E-state index contributed by atoms with van der Waals surface area (Å²) in [4.78, 5) is 10.5. The summed E-state index contributed by atoms with van der Waals surface area (Å²) in [6, 6.07) is 0. The minimum absolute atomic E-state index is 0.0525. The number of rotatable bonds is 10. The molecule has 0 spiro atoms. The Balaban J connectivity index is 4.53. The van der Waals surface area contributed by atoms with Gasteiger partial charge in [-0.05, 0) is 27.2 Å². The molecule has 0 saturated heterocycles. The van der Waals surface area contributed by atoms with Crippen LogP contribution in [-0.2, 0) is 18.0 Å². The van der Waals surface area contributed by atoms with Crippen LogP contribution in [0.25, 0.3) is 0 Å². The molecule has 7 heteroatoms. The largest absolute Gasteiger partial charge is 0.504 e. The Kier molecular flexibility index (Phi) is 8.99. The third-order valence-corrected chi connectivity index (χ3v) is 6.00. The fraction of sp³-hybridized carbons (Fsp3) is 0.909. The minimum atomic E-state index is -2.70. The van der Waals surface area contributed by atoms with Crippen molar-refractivity contribution in [1.82, 2.24) is 0 Å². The van der Waals surface area contributed by atoms with Crippen LogP contribution in [-0.4, -0.2) is 41.3 Å². The number of ether oxygens (including phenoxy) is 1. The lowest BCUT2D eigenvalue weighted by atomic mass is 10.3. The number of carbonyl (C=O) groups excluding carboxylic acids is 1. The summed E-state index contributed by atoms with van der Waals surface area (Å²) in [5, 5.41) is 0. The third-order valence-electron chi connectivity index (χ3n) is 2.44. The average Bonchev–Trinajstić information content (AvgIpc) is 2.29. The van der Waals surface area contributed by atoms with E-state index in [-0.39, 0.29) is 12.1 Å². The molecule has 0 aliphatic rings. The molecule has 0 aliphatic carbocycles. The van der Waals surface area contributed by atoms with Gasteiger partial charge in [-0.25, -0.2) is 4.79 Å². The first-order valence-corrected chi connectivity index (χ1v) is 8.16. The first-order chi connectivity index (χ1) is 8.52. The minimum Gasteiger partial charge on any atom is -0.450 e. The molecule has 6 nitrogen and oxygen atoms in total. The zero-order chi connectivity index (χ0) is 14.0. The summed E-state index contributed by atoms with van der Waals surface area (Å²) in [7, 11) is -2.70. The van der Waals surface area contributed by atoms with E-state index < -0.39 is 14.9 Å². The zero-order valence-electron chi connectivity index (χ0n) is 11.7. The molecule has 0 fully saturated rings. The SMILES string of the molecule is CCO[Si](OCC)(OCC)C(C)CCOC(N)=O. The van der Waals surface area contributed by atoms with E-state index in [4.69, 9.17) is 23.7 Å². The highest BCUT2D eigenvalue weighted by atomic mass is 28.4. The van der Waals surface area contributed by atoms with Gasteiger partial charge < -0.3 is 23.7 Å². The second-order valence-electron chi connectivity index (χ2n) is 3.76. The van der Waals surface area contributed by atoms with Gasteiger partial charge in [-0.2, -0.15) is 0 Å². The maximum Gasteiger partial charge on any atom is 0.504 e. The van der Waals surface area contributed by atoms with Gasteiger partial charge in [0.25, 0.3) is 0 Å². The smallest absolute Gasteiger partial charge is 0.450 e. The van der Waals surface area contributed by atoms with Gasteiger partial charge in [-0.1, -0.05) is 6.92 Å². The monoisotopic (exact) mass is 279 g/mol. The Hall–Kier alpha value is -0.633. The van der Waals surface area contributed by atoms with E-state index in [2.05, 4.69) is 0 Å². The molecule has 1 atom stereocenters. The molecule has 2 N–H and O–H groups in total. The van der Waals surface area contributed by atoms with Crippen molar-refractivity contribution in [1.29, 1.82) is 0 Å². The van der Waals surface area contributed by atoms with Crippen molar-refractivity contribution in [3.63, 3.8) is 0 Å². The summed E-state index contributed by atoms with van der Waals surface area (Å²) in [5.41, 5.74) is 4.97. The van der Waals surface area contributed by atoms with Crippen molar-refractivity contribution in [2.45, 2.75) is 39.7 Å². The molecule has 0 radical (unpaired) electrons. The van der Waals surface area contributed by atoms with E-state index in [0.29, 0.717) is 26.2 Å². The lowest BCUT2D eigenvalue weighted by Crippen LogP contribution is -2.50. The number of primary amides is 1. The van der Waals surface area contributed by atoms with Crippen LogP contribution in [0.1, 0.15) is 34.1 Å². The lowest BCUT2D eigenvalue weighted by molar-refractivity contribution is 0.0583. The van der Waals surface area contributed by atoms with Gasteiger partial charge in [0.1, 0.15) is 0 Å². The second kappa shape index (κ2) is 9.32. The number of hydrogen-bond acceptors (Lipinski definition) is 5. The highest BCUT2D eigenvalue weighted by molar-refractivity contribution is 6.62. The summed E-state index contributed by atoms with van der Waals surface area (Å²) in [6.07, 6.45) is -0.159. The Morgan fingerprint density at radius 1 is 1.11 bits per heavy atom. The molecule has 0 heterocycles. The summed E-state index contributed by atoms with van der Waals surface area (Å²) >= 11 is 0. The van der Waals surface area contributed by atoms with Gasteiger partial charge in [-0.15, -0.1) is 0 Å². The first-order valence-electron chi connectivity index (χ1n) is 6.36. The number of hydrogen-bond donors (Lipinski definition) is 1. The molecule has 108 valence electrons. The number of amides is 1. The third kappa shape index (κ3) is 5.81. The van der Waals surface area contributed by atoms with Gasteiger partial charge in [0.15, 0.2) is 0 Å². The molecule has 0 aromatic rings. The summed E-state index contributed by atoms with van der Waals surface area (Å²) in [6.45, 7) is 9.56. The maximum absolute atomic E-state index is 10.5. The van der Waals surface area contributed by atoms with Crippen molar-refractivity contribution in [2.75, 3.05) is 26.4 Å². The van der Waals surface area contributed by atoms with Gasteiger partial charge in [0.05, 0.1) is 6.61 Å². The number of nitrogens with two attached hydrogens (primary N) is 1. The van der Waals surface area contributed by atoms with E-state index in [0.717, 1.165) is 0 Å². The van der Waals surface area contributed by atoms with Crippen LogP contribution in [0.3, 0.4) is 0 Å². The van der Waals surface area contributed by atoms with E-state index in [9.17, 15) is 4.79 Å². The van der Waals surface area contributed by atoms with Gasteiger partial charge in [0, 0.05) is 25.4 Å². The van der Waals surface area contributed by atoms with Gasteiger partial charge in [-0.3, -0.25) is 0 Å². The fourth-order valence-electron chi connectivity index (χ4n) is 1.67. The lowest BCUT2D eigenvalue weighted by Gasteiger charge is -2.33. The highest BCUT2D eigenvalue weighted by Gasteiger charge is 2.46. The van der Waals surface area contributed by atoms with Crippen molar-refractivity contribution in [3.05, 3.63) is 0 Å². The molecular formula is C11H25NO5Si. The van der Waals surface area contributed by atoms with E-state index >= 15 is 0 Å². The molecule has 1 unspecified atom stereocenters. The molecule has 0 aliphatic heterocycles. The van der Waals surface area contributed by atoms with Crippen molar-refractivity contribution >= 4 is 14.9 Å². The molecule has 0 aromatic heterocycles. The average molecular weight is 279 g/mol. The van der Waals surface area contributed by atoms with Crippen LogP contribution in [0.15, 0.2) is 0 Å².